The van der Waals surface area contributed by atoms with Crippen LogP contribution in [0.4, 0.5) is 0 Å². The Hall–Kier alpha value is -0.0800. The van der Waals surface area contributed by atoms with Gasteiger partial charge in [-0.05, 0) is 32.6 Å². The standard InChI is InChI=1S/C10H21NO/c1-3-5-8(2)11-9-6-4-7-10(9)12/h8-12H,3-7H2,1-2H3. The Bertz CT molecular complexity index is 127. The second kappa shape index (κ2) is 4.83. The highest BCUT2D eigenvalue weighted by Gasteiger charge is 2.25. The molecule has 2 heteroatoms. The Kier molecular flexibility index (Phi) is 4.02. The van der Waals surface area contributed by atoms with Crippen LogP contribution >= 0.6 is 0 Å². The lowest BCUT2D eigenvalue weighted by atomic mass is 10.1. The van der Waals surface area contributed by atoms with Crippen molar-refractivity contribution in [2.45, 2.75) is 64.1 Å². The summed E-state index contributed by atoms with van der Waals surface area (Å²) in [4.78, 5) is 0. The van der Waals surface area contributed by atoms with Crippen LogP contribution in [0.2, 0.25) is 0 Å². The molecule has 0 aromatic rings. The molecule has 1 rings (SSSR count). The Morgan fingerprint density at radius 1 is 1.50 bits per heavy atom. The molecular formula is C10H21NO. The SMILES string of the molecule is CCCC(C)NC1CCCC1O. The van der Waals surface area contributed by atoms with Gasteiger partial charge < -0.3 is 10.4 Å². The molecule has 0 saturated heterocycles. The molecule has 0 heterocycles. The quantitative estimate of drug-likeness (QED) is 0.674. The molecule has 1 aliphatic rings. The van der Waals surface area contributed by atoms with Gasteiger partial charge in [0.25, 0.3) is 0 Å². The fraction of sp³-hybridized carbons (Fsp3) is 1.00. The first-order chi connectivity index (χ1) is 5.74. The normalized spacial score (nSPS) is 32.2. The van der Waals surface area contributed by atoms with E-state index < -0.39 is 0 Å². The van der Waals surface area contributed by atoms with E-state index >= 15 is 0 Å². The van der Waals surface area contributed by atoms with Crippen LogP contribution in [0, 0.1) is 0 Å². The summed E-state index contributed by atoms with van der Waals surface area (Å²) in [5.74, 6) is 0. The van der Waals surface area contributed by atoms with Gasteiger partial charge in [-0.25, -0.2) is 0 Å². The summed E-state index contributed by atoms with van der Waals surface area (Å²) >= 11 is 0. The van der Waals surface area contributed by atoms with Crippen LogP contribution in [0.3, 0.4) is 0 Å². The first-order valence-corrected chi connectivity index (χ1v) is 5.18. The maximum Gasteiger partial charge on any atom is 0.0693 e. The van der Waals surface area contributed by atoms with Crippen molar-refractivity contribution in [3.05, 3.63) is 0 Å². The Morgan fingerprint density at radius 2 is 2.25 bits per heavy atom. The molecule has 0 radical (unpaired) electrons. The van der Waals surface area contributed by atoms with Gasteiger partial charge in [0.15, 0.2) is 0 Å². The van der Waals surface area contributed by atoms with Gasteiger partial charge in [0.1, 0.15) is 0 Å². The monoisotopic (exact) mass is 171 g/mol. The average Bonchev–Trinajstić information content (AvgIpc) is 2.37. The molecule has 1 saturated carbocycles. The van der Waals surface area contributed by atoms with E-state index in [4.69, 9.17) is 0 Å². The Morgan fingerprint density at radius 3 is 2.75 bits per heavy atom. The van der Waals surface area contributed by atoms with E-state index in [0.717, 1.165) is 12.8 Å². The van der Waals surface area contributed by atoms with Gasteiger partial charge in [-0.15, -0.1) is 0 Å². The predicted molar refractivity (Wildman–Crippen MR) is 51.2 cm³/mol. The summed E-state index contributed by atoms with van der Waals surface area (Å²) < 4.78 is 0. The van der Waals surface area contributed by atoms with E-state index in [1.165, 1.54) is 19.3 Å². The minimum Gasteiger partial charge on any atom is -0.392 e. The maximum atomic E-state index is 9.54. The molecule has 0 aromatic carbocycles. The lowest BCUT2D eigenvalue weighted by molar-refractivity contribution is 0.143. The van der Waals surface area contributed by atoms with Crippen LogP contribution in [-0.4, -0.2) is 23.3 Å². The van der Waals surface area contributed by atoms with Crippen LogP contribution in [0.25, 0.3) is 0 Å². The summed E-state index contributed by atoms with van der Waals surface area (Å²) in [6.07, 6.45) is 5.65. The van der Waals surface area contributed by atoms with Gasteiger partial charge in [0.2, 0.25) is 0 Å². The van der Waals surface area contributed by atoms with Crippen molar-refractivity contribution in [2.75, 3.05) is 0 Å². The van der Waals surface area contributed by atoms with Crippen molar-refractivity contribution < 1.29 is 5.11 Å². The second-order valence-electron chi connectivity index (χ2n) is 3.96. The highest BCUT2D eigenvalue weighted by molar-refractivity contribution is 4.84. The summed E-state index contributed by atoms with van der Waals surface area (Å²) in [5, 5.41) is 13.0. The third-order valence-electron chi connectivity index (χ3n) is 2.70. The van der Waals surface area contributed by atoms with Crippen molar-refractivity contribution in [3.8, 4) is 0 Å². The molecule has 12 heavy (non-hydrogen) atoms. The Labute approximate surface area is 75.4 Å². The van der Waals surface area contributed by atoms with Gasteiger partial charge in [0, 0.05) is 12.1 Å². The minimum atomic E-state index is -0.0932. The smallest absolute Gasteiger partial charge is 0.0693 e. The first-order valence-electron chi connectivity index (χ1n) is 5.18. The molecule has 1 fully saturated rings. The predicted octanol–water partition coefficient (Wildman–Crippen LogP) is 1.68. The van der Waals surface area contributed by atoms with Crippen LogP contribution in [0.15, 0.2) is 0 Å². The number of nitrogens with one attached hydrogen (secondary N) is 1. The zero-order valence-corrected chi connectivity index (χ0v) is 8.21. The fourth-order valence-electron chi connectivity index (χ4n) is 2.02. The van der Waals surface area contributed by atoms with Crippen LogP contribution in [-0.2, 0) is 0 Å². The highest BCUT2D eigenvalue weighted by Crippen LogP contribution is 2.19. The largest absolute Gasteiger partial charge is 0.392 e. The summed E-state index contributed by atoms with van der Waals surface area (Å²) in [7, 11) is 0. The molecule has 72 valence electrons. The van der Waals surface area contributed by atoms with Gasteiger partial charge in [-0.3, -0.25) is 0 Å². The summed E-state index contributed by atoms with van der Waals surface area (Å²) in [5.41, 5.74) is 0. The molecule has 0 spiro atoms. The molecule has 3 atom stereocenters. The van der Waals surface area contributed by atoms with Crippen LogP contribution in [0.5, 0.6) is 0 Å². The summed E-state index contributed by atoms with van der Waals surface area (Å²) in [6, 6.07) is 0.930. The molecule has 2 nitrogen and oxygen atoms in total. The maximum absolute atomic E-state index is 9.54. The molecule has 0 bridgehead atoms. The zero-order valence-electron chi connectivity index (χ0n) is 8.21. The number of aliphatic hydroxyl groups is 1. The van der Waals surface area contributed by atoms with E-state index in [1.807, 2.05) is 0 Å². The molecular weight excluding hydrogens is 150 g/mol. The third-order valence-corrected chi connectivity index (χ3v) is 2.70. The topological polar surface area (TPSA) is 32.3 Å². The van der Waals surface area contributed by atoms with Crippen LogP contribution in [0.1, 0.15) is 46.0 Å². The van der Waals surface area contributed by atoms with E-state index in [2.05, 4.69) is 19.2 Å². The molecule has 3 unspecified atom stereocenters. The second-order valence-corrected chi connectivity index (χ2v) is 3.96. The van der Waals surface area contributed by atoms with E-state index in [-0.39, 0.29) is 6.10 Å². The molecule has 0 aliphatic heterocycles. The number of rotatable bonds is 4. The van der Waals surface area contributed by atoms with Crippen molar-refractivity contribution in [1.82, 2.24) is 5.32 Å². The summed E-state index contributed by atoms with van der Waals surface area (Å²) in [6.45, 7) is 4.40. The van der Waals surface area contributed by atoms with Gasteiger partial charge in [0.05, 0.1) is 6.10 Å². The fourth-order valence-corrected chi connectivity index (χ4v) is 2.02. The lowest BCUT2D eigenvalue weighted by Crippen LogP contribution is -2.41. The number of aliphatic hydroxyl groups excluding tert-OH is 1. The lowest BCUT2D eigenvalue weighted by Gasteiger charge is -2.21. The molecule has 0 amide bonds. The van der Waals surface area contributed by atoms with Crippen molar-refractivity contribution in [3.63, 3.8) is 0 Å². The highest BCUT2D eigenvalue weighted by atomic mass is 16.3. The van der Waals surface area contributed by atoms with E-state index in [0.29, 0.717) is 12.1 Å². The number of hydrogen-bond acceptors (Lipinski definition) is 2. The average molecular weight is 171 g/mol. The Balaban J connectivity index is 2.20. The van der Waals surface area contributed by atoms with E-state index in [1.54, 1.807) is 0 Å². The van der Waals surface area contributed by atoms with Gasteiger partial charge >= 0.3 is 0 Å². The van der Waals surface area contributed by atoms with Gasteiger partial charge in [-0.1, -0.05) is 13.3 Å². The first kappa shape index (κ1) is 10.0. The van der Waals surface area contributed by atoms with Gasteiger partial charge in [-0.2, -0.15) is 0 Å². The van der Waals surface area contributed by atoms with Crippen molar-refractivity contribution in [2.24, 2.45) is 0 Å². The van der Waals surface area contributed by atoms with Crippen molar-refractivity contribution >= 4 is 0 Å². The van der Waals surface area contributed by atoms with Crippen molar-refractivity contribution in [1.29, 1.82) is 0 Å². The number of hydrogen-bond donors (Lipinski definition) is 2. The minimum absolute atomic E-state index is 0.0932. The third kappa shape index (κ3) is 2.76. The molecule has 2 N–H and O–H groups in total. The molecule has 1 aliphatic carbocycles. The van der Waals surface area contributed by atoms with Crippen LogP contribution < -0.4 is 5.32 Å². The zero-order chi connectivity index (χ0) is 8.97. The van der Waals surface area contributed by atoms with E-state index in [9.17, 15) is 5.11 Å². The molecule has 0 aromatic heterocycles.